The molecule has 10 heteroatoms. The summed E-state index contributed by atoms with van der Waals surface area (Å²) in [6.45, 7) is 0. The third kappa shape index (κ3) is 3.96. The number of hydrogen-bond donors (Lipinski definition) is 0. The van der Waals surface area contributed by atoms with Crippen LogP contribution in [0.3, 0.4) is 0 Å². The maximum Gasteiger partial charge on any atom is 0.287 e. The number of hydrogen-bond acceptors (Lipinski definition) is 8. The summed E-state index contributed by atoms with van der Waals surface area (Å²) in [7, 11) is 3.72. The molecule has 2 aromatic heterocycles. The Balaban J connectivity index is 2.05. The molecule has 0 bridgehead atoms. The Morgan fingerprint density at radius 3 is 2.85 bits per heavy atom. The zero-order chi connectivity index (χ0) is 14.5. The summed E-state index contributed by atoms with van der Waals surface area (Å²) in [6.07, 6.45) is 2.85. The van der Waals surface area contributed by atoms with E-state index in [-0.39, 0.29) is 5.69 Å². The third-order valence-corrected chi connectivity index (χ3v) is 3.75. The van der Waals surface area contributed by atoms with Gasteiger partial charge in [-0.3, -0.25) is 10.1 Å². The Kier molecular flexibility index (Phi) is 4.58. The second-order valence-electron chi connectivity index (χ2n) is 3.77. The van der Waals surface area contributed by atoms with Crippen molar-refractivity contribution in [3.63, 3.8) is 0 Å². The van der Waals surface area contributed by atoms with E-state index in [2.05, 4.69) is 20.2 Å². The van der Waals surface area contributed by atoms with Crippen LogP contribution in [0.4, 0.5) is 10.8 Å². The SMILES string of the molecule is CN(C)C=Nc1nnc(Sc2ccc([N+](=O)[O-])cn2)s1. The van der Waals surface area contributed by atoms with Crippen LogP contribution in [0, 0.1) is 10.1 Å². The number of aromatic nitrogens is 3. The Bertz CT molecular complexity index is 625. The van der Waals surface area contributed by atoms with E-state index in [0.29, 0.717) is 14.5 Å². The van der Waals surface area contributed by atoms with Crippen LogP contribution in [0.15, 0.2) is 32.7 Å². The van der Waals surface area contributed by atoms with Gasteiger partial charge in [0, 0.05) is 20.2 Å². The van der Waals surface area contributed by atoms with Crippen molar-refractivity contribution in [2.24, 2.45) is 4.99 Å². The summed E-state index contributed by atoms with van der Waals surface area (Å²) < 4.78 is 0.678. The fourth-order valence-corrected chi connectivity index (χ4v) is 2.66. The molecular formula is C10H10N6O2S2. The van der Waals surface area contributed by atoms with E-state index in [9.17, 15) is 10.1 Å². The van der Waals surface area contributed by atoms with Gasteiger partial charge in [0.25, 0.3) is 5.69 Å². The fourth-order valence-electron chi connectivity index (χ4n) is 1.09. The van der Waals surface area contributed by atoms with Crippen molar-refractivity contribution >= 4 is 40.3 Å². The van der Waals surface area contributed by atoms with E-state index in [0.717, 1.165) is 0 Å². The van der Waals surface area contributed by atoms with Gasteiger partial charge in [0.2, 0.25) is 5.13 Å². The number of nitrogens with zero attached hydrogens (tertiary/aromatic N) is 6. The van der Waals surface area contributed by atoms with Gasteiger partial charge in [-0.2, -0.15) is 0 Å². The zero-order valence-electron chi connectivity index (χ0n) is 10.6. The lowest BCUT2D eigenvalue weighted by atomic mass is 10.4. The normalized spacial score (nSPS) is 10.9. The molecule has 0 aliphatic heterocycles. The average Bonchev–Trinajstić information content (AvgIpc) is 2.84. The second kappa shape index (κ2) is 6.39. The van der Waals surface area contributed by atoms with Gasteiger partial charge in [-0.15, -0.1) is 10.2 Å². The summed E-state index contributed by atoms with van der Waals surface area (Å²) in [5, 5.41) is 19.6. The van der Waals surface area contributed by atoms with Gasteiger partial charge in [-0.1, -0.05) is 11.3 Å². The number of pyridine rings is 1. The topological polar surface area (TPSA) is 97.4 Å². The second-order valence-corrected chi connectivity index (χ2v) is 6.00. The van der Waals surface area contributed by atoms with Gasteiger partial charge >= 0.3 is 0 Å². The average molecular weight is 310 g/mol. The van der Waals surface area contributed by atoms with Crippen LogP contribution in [-0.2, 0) is 0 Å². The molecule has 8 nitrogen and oxygen atoms in total. The van der Waals surface area contributed by atoms with Crippen LogP contribution in [0.2, 0.25) is 0 Å². The minimum absolute atomic E-state index is 0.0390. The third-order valence-electron chi connectivity index (χ3n) is 1.92. The van der Waals surface area contributed by atoms with Crippen LogP contribution in [-0.4, -0.2) is 45.4 Å². The van der Waals surface area contributed by atoms with Crippen LogP contribution in [0.5, 0.6) is 0 Å². The number of rotatable bonds is 5. The van der Waals surface area contributed by atoms with Gasteiger partial charge in [0.05, 0.1) is 11.3 Å². The first-order chi connectivity index (χ1) is 9.54. The first kappa shape index (κ1) is 14.3. The van der Waals surface area contributed by atoms with E-state index in [1.165, 1.54) is 35.4 Å². The number of nitro groups is 1. The zero-order valence-corrected chi connectivity index (χ0v) is 12.3. The summed E-state index contributed by atoms with van der Waals surface area (Å²) in [5.74, 6) is 0. The summed E-state index contributed by atoms with van der Waals surface area (Å²) in [4.78, 5) is 20.0. The first-order valence-electron chi connectivity index (χ1n) is 5.37. The molecule has 0 spiro atoms. The minimum atomic E-state index is -0.486. The van der Waals surface area contributed by atoms with Crippen LogP contribution >= 0.6 is 23.1 Å². The lowest BCUT2D eigenvalue weighted by molar-refractivity contribution is -0.385. The molecule has 2 aromatic rings. The van der Waals surface area contributed by atoms with Crippen molar-refractivity contribution < 1.29 is 4.92 Å². The molecular weight excluding hydrogens is 300 g/mol. The Morgan fingerprint density at radius 1 is 1.45 bits per heavy atom. The molecule has 0 saturated carbocycles. The van der Waals surface area contributed by atoms with Crippen LogP contribution in [0.25, 0.3) is 0 Å². The van der Waals surface area contributed by atoms with E-state index in [4.69, 9.17) is 0 Å². The van der Waals surface area contributed by atoms with Gasteiger partial charge in [-0.25, -0.2) is 9.98 Å². The predicted molar refractivity (Wildman–Crippen MR) is 76.8 cm³/mol. The molecule has 0 atom stereocenters. The largest absolute Gasteiger partial charge is 0.369 e. The van der Waals surface area contributed by atoms with E-state index < -0.39 is 4.92 Å². The highest BCUT2D eigenvalue weighted by molar-refractivity contribution is 8.01. The molecule has 2 heterocycles. The molecule has 0 saturated heterocycles. The standard InChI is InChI=1S/C10H10N6O2S2/c1-15(2)6-12-9-13-14-10(20-9)19-8-4-3-7(5-11-8)16(17)18/h3-6H,1-2H3. The van der Waals surface area contributed by atoms with Crippen LogP contribution in [0.1, 0.15) is 0 Å². The van der Waals surface area contributed by atoms with Crippen molar-refractivity contribution in [3.05, 3.63) is 28.4 Å². The highest BCUT2D eigenvalue weighted by Crippen LogP contribution is 2.32. The monoisotopic (exact) mass is 310 g/mol. The predicted octanol–water partition coefficient (Wildman–Crippen LogP) is 2.21. The molecule has 0 unspecified atom stereocenters. The van der Waals surface area contributed by atoms with E-state index in [1.807, 2.05) is 14.1 Å². The lowest BCUT2D eigenvalue weighted by Gasteiger charge is -1.99. The van der Waals surface area contributed by atoms with Crippen molar-refractivity contribution in [2.45, 2.75) is 9.37 Å². The molecule has 0 aromatic carbocycles. The van der Waals surface area contributed by atoms with Gasteiger partial charge in [-0.05, 0) is 17.8 Å². The van der Waals surface area contributed by atoms with Crippen LogP contribution < -0.4 is 0 Å². The molecule has 0 N–H and O–H groups in total. The van der Waals surface area contributed by atoms with Crippen molar-refractivity contribution in [1.82, 2.24) is 20.1 Å². The van der Waals surface area contributed by atoms with Crippen molar-refractivity contribution in [3.8, 4) is 0 Å². The van der Waals surface area contributed by atoms with E-state index in [1.54, 1.807) is 17.3 Å². The molecule has 0 aliphatic rings. The van der Waals surface area contributed by atoms with Crippen molar-refractivity contribution in [1.29, 1.82) is 0 Å². The Morgan fingerprint density at radius 2 is 2.25 bits per heavy atom. The maximum atomic E-state index is 10.5. The summed E-state index contributed by atoms with van der Waals surface area (Å²) in [5.41, 5.74) is -0.0390. The lowest BCUT2D eigenvalue weighted by Crippen LogP contribution is -2.06. The molecule has 0 aliphatic carbocycles. The first-order valence-corrected chi connectivity index (χ1v) is 7.00. The van der Waals surface area contributed by atoms with Gasteiger partial charge in [0.1, 0.15) is 11.2 Å². The fraction of sp³-hybridized carbons (Fsp3) is 0.200. The molecule has 104 valence electrons. The van der Waals surface area contributed by atoms with Crippen molar-refractivity contribution in [2.75, 3.05) is 14.1 Å². The quantitative estimate of drug-likeness (QED) is 0.361. The molecule has 0 fully saturated rings. The highest BCUT2D eigenvalue weighted by atomic mass is 32.2. The van der Waals surface area contributed by atoms with Gasteiger partial charge in [0.15, 0.2) is 4.34 Å². The maximum absolute atomic E-state index is 10.5. The van der Waals surface area contributed by atoms with Gasteiger partial charge < -0.3 is 4.90 Å². The Labute approximate surface area is 122 Å². The number of aliphatic imine (C=N–C) groups is 1. The minimum Gasteiger partial charge on any atom is -0.369 e. The summed E-state index contributed by atoms with van der Waals surface area (Å²) in [6, 6.07) is 2.98. The smallest absolute Gasteiger partial charge is 0.287 e. The van der Waals surface area contributed by atoms with E-state index >= 15 is 0 Å². The Hall–Kier alpha value is -2.07. The molecule has 20 heavy (non-hydrogen) atoms. The summed E-state index contributed by atoms with van der Waals surface area (Å²) >= 11 is 2.61. The molecule has 0 amide bonds. The molecule has 2 rings (SSSR count). The highest BCUT2D eigenvalue weighted by Gasteiger charge is 2.09. The molecule has 0 radical (unpaired) electrons.